The molecule has 1 unspecified atom stereocenters. The summed E-state index contributed by atoms with van der Waals surface area (Å²) in [5.74, 6) is 0.683. The van der Waals surface area contributed by atoms with Crippen molar-refractivity contribution in [1.29, 1.82) is 0 Å². The van der Waals surface area contributed by atoms with E-state index in [0.29, 0.717) is 5.92 Å². The lowest BCUT2D eigenvalue weighted by Crippen LogP contribution is -2.00. The zero-order valence-corrected chi connectivity index (χ0v) is 10.7. The van der Waals surface area contributed by atoms with E-state index in [-0.39, 0.29) is 0 Å². The molecule has 0 bridgehead atoms. The van der Waals surface area contributed by atoms with Gasteiger partial charge in [-0.3, -0.25) is 0 Å². The Bertz CT molecular complexity index is 284. The van der Waals surface area contributed by atoms with Crippen LogP contribution in [-0.2, 0) is 0 Å². The standard InChI is InChI=1S/C14H25N/c1-10-11(2)13(4)14(12(10)3)8-6-5-7-9-15/h12H,5-9,15H2,1-4H3. The Morgan fingerprint density at radius 3 is 2.13 bits per heavy atom. The van der Waals surface area contributed by atoms with Crippen LogP contribution in [-0.4, -0.2) is 6.54 Å². The van der Waals surface area contributed by atoms with Crippen molar-refractivity contribution in [3.63, 3.8) is 0 Å². The van der Waals surface area contributed by atoms with Crippen LogP contribution in [0.2, 0.25) is 0 Å². The van der Waals surface area contributed by atoms with Crippen molar-refractivity contribution in [1.82, 2.24) is 0 Å². The monoisotopic (exact) mass is 207 g/mol. The van der Waals surface area contributed by atoms with E-state index in [2.05, 4.69) is 27.7 Å². The molecule has 1 heteroatoms. The van der Waals surface area contributed by atoms with Crippen LogP contribution in [0, 0.1) is 5.92 Å². The van der Waals surface area contributed by atoms with Crippen LogP contribution >= 0.6 is 0 Å². The van der Waals surface area contributed by atoms with E-state index in [9.17, 15) is 0 Å². The molecule has 1 aliphatic carbocycles. The van der Waals surface area contributed by atoms with Crippen LogP contribution in [0.4, 0.5) is 0 Å². The first-order valence-electron chi connectivity index (χ1n) is 6.17. The first-order chi connectivity index (χ1) is 7.09. The lowest BCUT2D eigenvalue weighted by Gasteiger charge is -2.12. The van der Waals surface area contributed by atoms with Crippen molar-refractivity contribution in [2.45, 2.75) is 53.4 Å². The van der Waals surface area contributed by atoms with Gasteiger partial charge >= 0.3 is 0 Å². The molecule has 0 aromatic carbocycles. The van der Waals surface area contributed by atoms with Crippen LogP contribution < -0.4 is 5.73 Å². The molecule has 0 saturated heterocycles. The zero-order valence-electron chi connectivity index (χ0n) is 10.7. The summed E-state index contributed by atoms with van der Waals surface area (Å²) in [6, 6.07) is 0. The number of hydrogen-bond acceptors (Lipinski definition) is 1. The molecule has 0 aromatic rings. The van der Waals surface area contributed by atoms with Crippen molar-refractivity contribution in [2.75, 3.05) is 6.54 Å². The third-order valence-electron chi connectivity index (χ3n) is 3.96. The van der Waals surface area contributed by atoms with Gasteiger partial charge in [0.2, 0.25) is 0 Å². The Hall–Kier alpha value is -0.560. The van der Waals surface area contributed by atoms with Crippen LogP contribution in [0.3, 0.4) is 0 Å². The maximum atomic E-state index is 5.50. The van der Waals surface area contributed by atoms with Crippen molar-refractivity contribution in [3.8, 4) is 0 Å². The van der Waals surface area contributed by atoms with Gasteiger partial charge in [-0.1, -0.05) is 24.5 Å². The fraction of sp³-hybridized carbons (Fsp3) is 0.714. The summed E-state index contributed by atoms with van der Waals surface area (Å²) >= 11 is 0. The molecule has 0 aromatic heterocycles. The molecular formula is C14H25N. The molecule has 0 amide bonds. The molecule has 1 rings (SSSR count). The van der Waals surface area contributed by atoms with Crippen molar-refractivity contribution in [2.24, 2.45) is 11.7 Å². The van der Waals surface area contributed by atoms with E-state index in [0.717, 1.165) is 6.54 Å². The molecule has 0 aliphatic heterocycles. The van der Waals surface area contributed by atoms with Gasteiger partial charge in [-0.2, -0.15) is 0 Å². The molecule has 0 radical (unpaired) electrons. The van der Waals surface area contributed by atoms with Crippen LogP contribution in [0.5, 0.6) is 0 Å². The second kappa shape index (κ2) is 5.50. The summed E-state index contributed by atoms with van der Waals surface area (Å²) in [7, 11) is 0. The van der Waals surface area contributed by atoms with Crippen LogP contribution in [0.25, 0.3) is 0 Å². The maximum absolute atomic E-state index is 5.50. The van der Waals surface area contributed by atoms with Gasteiger partial charge in [0, 0.05) is 0 Å². The smallest absolute Gasteiger partial charge is 0.00126 e. The molecule has 1 aliphatic rings. The number of rotatable bonds is 5. The molecule has 0 heterocycles. The third kappa shape index (κ3) is 2.72. The highest BCUT2D eigenvalue weighted by atomic mass is 14.5. The largest absolute Gasteiger partial charge is 0.330 e. The van der Waals surface area contributed by atoms with E-state index in [1.807, 2.05) is 0 Å². The first kappa shape index (κ1) is 12.5. The van der Waals surface area contributed by atoms with Gasteiger partial charge in [0.05, 0.1) is 0 Å². The fourth-order valence-electron chi connectivity index (χ4n) is 2.49. The van der Waals surface area contributed by atoms with E-state index >= 15 is 0 Å². The lowest BCUT2D eigenvalue weighted by atomic mass is 9.93. The molecule has 2 N–H and O–H groups in total. The van der Waals surface area contributed by atoms with Crippen LogP contribution in [0.1, 0.15) is 53.4 Å². The normalized spacial score (nSPS) is 21.8. The zero-order chi connectivity index (χ0) is 11.4. The van der Waals surface area contributed by atoms with Crippen molar-refractivity contribution >= 4 is 0 Å². The number of hydrogen-bond donors (Lipinski definition) is 1. The summed E-state index contributed by atoms with van der Waals surface area (Å²) in [5.41, 5.74) is 11.8. The Morgan fingerprint density at radius 1 is 1.00 bits per heavy atom. The Morgan fingerprint density at radius 2 is 1.67 bits per heavy atom. The van der Waals surface area contributed by atoms with Gasteiger partial charge < -0.3 is 5.73 Å². The SMILES string of the molecule is CC1=C(C)C(C)C(CCCCCN)=C1C. The Balaban J connectivity index is 2.50. The summed E-state index contributed by atoms with van der Waals surface area (Å²) in [6.45, 7) is 9.99. The van der Waals surface area contributed by atoms with Gasteiger partial charge in [-0.15, -0.1) is 0 Å². The topological polar surface area (TPSA) is 26.0 Å². The molecule has 86 valence electrons. The molecule has 0 saturated carbocycles. The van der Waals surface area contributed by atoms with Gasteiger partial charge in [-0.25, -0.2) is 0 Å². The fourth-order valence-corrected chi connectivity index (χ4v) is 2.49. The Kier molecular flexibility index (Phi) is 4.59. The highest BCUT2D eigenvalue weighted by Crippen LogP contribution is 2.38. The molecule has 1 atom stereocenters. The quantitative estimate of drug-likeness (QED) is 0.682. The second-order valence-corrected chi connectivity index (χ2v) is 4.78. The van der Waals surface area contributed by atoms with Gasteiger partial charge in [-0.05, 0) is 63.6 Å². The van der Waals surface area contributed by atoms with E-state index in [1.54, 1.807) is 16.7 Å². The maximum Gasteiger partial charge on any atom is -0.00126 e. The molecular weight excluding hydrogens is 182 g/mol. The molecule has 0 fully saturated rings. The van der Waals surface area contributed by atoms with E-state index < -0.39 is 0 Å². The van der Waals surface area contributed by atoms with E-state index in [4.69, 9.17) is 5.73 Å². The average Bonchev–Trinajstić information content (AvgIpc) is 2.41. The molecule has 0 spiro atoms. The number of unbranched alkanes of at least 4 members (excludes halogenated alkanes) is 2. The number of allylic oxidation sites excluding steroid dienone is 4. The summed E-state index contributed by atoms with van der Waals surface area (Å²) in [6.07, 6.45) is 5.01. The lowest BCUT2D eigenvalue weighted by molar-refractivity contribution is 0.648. The second-order valence-electron chi connectivity index (χ2n) is 4.78. The Labute approximate surface area is 94.4 Å². The minimum absolute atomic E-state index is 0.683. The minimum Gasteiger partial charge on any atom is -0.330 e. The number of nitrogens with two attached hydrogens (primary N) is 1. The highest BCUT2D eigenvalue weighted by Gasteiger charge is 2.22. The highest BCUT2D eigenvalue weighted by molar-refractivity contribution is 5.46. The summed E-state index contributed by atoms with van der Waals surface area (Å²) < 4.78 is 0. The minimum atomic E-state index is 0.683. The first-order valence-corrected chi connectivity index (χ1v) is 6.17. The predicted octanol–water partition coefficient (Wildman–Crippen LogP) is 3.81. The van der Waals surface area contributed by atoms with Gasteiger partial charge in [0.15, 0.2) is 0 Å². The summed E-state index contributed by atoms with van der Waals surface area (Å²) in [5, 5.41) is 0. The van der Waals surface area contributed by atoms with Gasteiger partial charge in [0.1, 0.15) is 0 Å². The molecule has 15 heavy (non-hydrogen) atoms. The van der Waals surface area contributed by atoms with Gasteiger partial charge in [0.25, 0.3) is 0 Å². The van der Waals surface area contributed by atoms with Crippen LogP contribution in [0.15, 0.2) is 22.3 Å². The van der Waals surface area contributed by atoms with Crippen molar-refractivity contribution < 1.29 is 0 Å². The molecule has 1 nitrogen and oxygen atoms in total. The third-order valence-corrected chi connectivity index (χ3v) is 3.96. The average molecular weight is 207 g/mol. The van der Waals surface area contributed by atoms with E-state index in [1.165, 1.54) is 31.3 Å². The predicted molar refractivity (Wildman–Crippen MR) is 67.8 cm³/mol. The summed E-state index contributed by atoms with van der Waals surface area (Å²) in [4.78, 5) is 0. The van der Waals surface area contributed by atoms with Crippen molar-refractivity contribution in [3.05, 3.63) is 22.3 Å².